The summed E-state index contributed by atoms with van der Waals surface area (Å²) in [6, 6.07) is 11.6. The van der Waals surface area contributed by atoms with Gasteiger partial charge in [-0.3, -0.25) is 4.79 Å². The Balaban J connectivity index is 2.56. The van der Waals surface area contributed by atoms with Gasteiger partial charge in [-0.2, -0.15) is 10.5 Å². The Morgan fingerprint density at radius 1 is 1.18 bits per heavy atom. The first kappa shape index (κ1) is 15.3. The number of nitrogens with zero attached hydrogens (tertiary/aromatic N) is 2. The van der Waals surface area contributed by atoms with Crippen molar-refractivity contribution in [2.75, 3.05) is 5.32 Å². The molecule has 0 atom stereocenters. The molecule has 1 aliphatic heterocycles. The topological polar surface area (TPSA) is 88.7 Å². The maximum absolute atomic E-state index is 11.2. The minimum Gasteiger partial charge on any atom is -0.361 e. The van der Waals surface area contributed by atoms with Crippen LogP contribution in [0.15, 0.2) is 46.8 Å². The number of hydrogen-bond acceptors (Lipinski definition) is 4. The van der Waals surface area contributed by atoms with Crippen molar-refractivity contribution in [2.45, 2.75) is 26.7 Å². The van der Waals surface area contributed by atoms with Crippen LogP contribution >= 0.6 is 0 Å². The average molecular weight is 292 g/mol. The van der Waals surface area contributed by atoms with Gasteiger partial charge >= 0.3 is 0 Å². The monoisotopic (exact) mass is 292 g/mol. The molecule has 22 heavy (non-hydrogen) atoms. The standard InChI is InChI=1S/C17H16N4O/c1-10-15(8-18)17(16(9-19)11(2)20-10)13-5-4-6-14(7-13)21-12(3)22/h4-7,17,20H,1-3H3,(H,21,22). The zero-order chi connectivity index (χ0) is 16.3. The highest BCUT2D eigenvalue weighted by atomic mass is 16.1. The fourth-order valence-electron chi connectivity index (χ4n) is 2.62. The molecule has 2 rings (SSSR count). The van der Waals surface area contributed by atoms with Crippen LogP contribution in [-0.4, -0.2) is 5.91 Å². The van der Waals surface area contributed by atoms with Crippen LogP contribution in [0, 0.1) is 22.7 Å². The normalized spacial score (nSPS) is 15.0. The van der Waals surface area contributed by atoms with E-state index in [1.807, 2.05) is 19.9 Å². The van der Waals surface area contributed by atoms with Gasteiger partial charge in [0.05, 0.1) is 29.2 Å². The first-order valence-electron chi connectivity index (χ1n) is 6.84. The summed E-state index contributed by atoms with van der Waals surface area (Å²) in [6.07, 6.45) is 0. The summed E-state index contributed by atoms with van der Waals surface area (Å²) in [5.74, 6) is -0.577. The van der Waals surface area contributed by atoms with E-state index in [0.717, 1.165) is 17.0 Å². The number of rotatable bonds is 2. The van der Waals surface area contributed by atoms with Crippen molar-refractivity contribution in [3.8, 4) is 12.1 Å². The molecular formula is C17H16N4O. The molecule has 5 nitrogen and oxygen atoms in total. The second-order valence-electron chi connectivity index (χ2n) is 5.17. The number of allylic oxidation sites excluding steroid dienone is 4. The van der Waals surface area contributed by atoms with Crippen molar-refractivity contribution in [3.63, 3.8) is 0 Å². The highest BCUT2D eigenvalue weighted by molar-refractivity contribution is 5.88. The van der Waals surface area contributed by atoms with Gasteiger partial charge in [0.15, 0.2) is 0 Å². The van der Waals surface area contributed by atoms with Crippen LogP contribution < -0.4 is 10.6 Å². The van der Waals surface area contributed by atoms with Gasteiger partial charge in [-0.05, 0) is 31.5 Å². The summed E-state index contributed by atoms with van der Waals surface area (Å²) in [5.41, 5.74) is 3.97. The van der Waals surface area contributed by atoms with E-state index in [2.05, 4.69) is 22.8 Å². The Morgan fingerprint density at radius 2 is 1.77 bits per heavy atom. The van der Waals surface area contributed by atoms with Crippen molar-refractivity contribution < 1.29 is 4.79 Å². The Hall–Kier alpha value is -3.05. The number of hydrogen-bond donors (Lipinski definition) is 2. The molecule has 0 bridgehead atoms. The molecule has 0 saturated heterocycles. The minimum atomic E-state index is -0.412. The number of anilines is 1. The minimum absolute atomic E-state index is 0.165. The van der Waals surface area contributed by atoms with E-state index in [4.69, 9.17) is 0 Å². The lowest BCUT2D eigenvalue weighted by atomic mass is 9.81. The van der Waals surface area contributed by atoms with Crippen LogP contribution in [-0.2, 0) is 4.79 Å². The fourth-order valence-corrected chi connectivity index (χ4v) is 2.62. The largest absolute Gasteiger partial charge is 0.361 e. The van der Waals surface area contributed by atoms with Crippen LogP contribution in [0.1, 0.15) is 32.3 Å². The van der Waals surface area contributed by atoms with Gasteiger partial charge in [0, 0.05) is 24.0 Å². The summed E-state index contributed by atoms with van der Waals surface area (Å²) < 4.78 is 0. The predicted molar refractivity (Wildman–Crippen MR) is 83.2 cm³/mol. The SMILES string of the molecule is CC(=O)Nc1cccc(C2C(C#N)=C(C)NC(C)=C2C#N)c1. The number of amides is 1. The smallest absolute Gasteiger partial charge is 0.221 e. The fraction of sp³-hybridized carbons (Fsp3) is 0.235. The van der Waals surface area contributed by atoms with E-state index in [0.29, 0.717) is 16.8 Å². The molecule has 5 heteroatoms. The molecule has 110 valence electrons. The quantitative estimate of drug-likeness (QED) is 0.877. The third kappa shape index (κ3) is 2.84. The zero-order valence-electron chi connectivity index (χ0n) is 12.7. The molecule has 0 unspecified atom stereocenters. The Labute approximate surface area is 129 Å². The van der Waals surface area contributed by atoms with E-state index in [1.54, 1.807) is 18.2 Å². The van der Waals surface area contributed by atoms with E-state index in [9.17, 15) is 15.3 Å². The number of carbonyl (C=O) groups excluding carboxylic acids is 1. The molecule has 0 aliphatic carbocycles. The average Bonchev–Trinajstić information content (AvgIpc) is 2.46. The van der Waals surface area contributed by atoms with Crippen LogP contribution in [0.3, 0.4) is 0 Å². The summed E-state index contributed by atoms with van der Waals surface area (Å²) >= 11 is 0. The van der Waals surface area contributed by atoms with Gasteiger partial charge in [-0.25, -0.2) is 0 Å². The molecule has 0 saturated carbocycles. The van der Waals surface area contributed by atoms with Gasteiger partial charge in [-0.1, -0.05) is 12.1 Å². The maximum atomic E-state index is 11.2. The molecule has 0 aromatic heterocycles. The van der Waals surface area contributed by atoms with Gasteiger partial charge in [0.1, 0.15) is 0 Å². The molecule has 1 aliphatic rings. The number of dihydropyridines is 1. The third-order valence-corrected chi connectivity index (χ3v) is 3.54. The van der Waals surface area contributed by atoms with Crippen LogP contribution in [0.2, 0.25) is 0 Å². The predicted octanol–water partition coefficient (Wildman–Crippen LogP) is 2.93. The number of carbonyl (C=O) groups is 1. The molecule has 0 spiro atoms. The molecule has 1 heterocycles. The lowest BCUT2D eigenvalue weighted by molar-refractivity contribution is -0.114. The van der Waals surface area contributed by atoms with Crippen LogP contribution in [0.5, 0.6) is 0 Å². The van der Waals surface area contributed by atoms with Crippen molar-refractivity contribution in [1.82, 2.24) is 5.32 Å². The number of benzene rings is 1. The lowest BCUT2D eigenvalue weighted by Crippen LogP contribution is -2.23. The third-order valence-electron chi connectivity index (χ3n) is 3.54. The number of nitrogens with one attached hydrogen (secondary N) is 2. The second kappa shape index (κ2) is 6.15. The van der Waals surface area contributed by atoms with Gasteiger partial charge in [0.25, 0.3) is 0 Å². The highest BCUT2D eigenvalue weighted by Crippen LogP contribution is 2.37. The van der Waals surface area contributed by atoms with Gasteiger partial charge < -0.3 is 10.6 Å². The number of nitriles is 2. The summed E-state index contributed by atoms with van der Waals surface area (Å²) in [7, 11) is 0. The molecule has 1 aromatic rings. The summed E-state index contributed by atoms with van der Waals surface area (Å²) in [5, 5.41) is 24.7. The molecule has 1 aromatic carbocycles. The second-order valence-corrected chi connectivity index (χ2v) is 5.17. The van der Waals surface area contributed by atoms with Crippen molar-refractivity contribution in [1.29, 1.82) is 10.5 Å². The van der Waals surface area contributed by atoms with Gasteiger partial charge in [-0.15, -0.1) is 0 Å². The summed E-state index contributed by atoms with van der Waals surface area (Å²) in [4.78, 5) is 11.2. The first-order chi connectivity index (χ1) is 10.5. The molecule has 0 fully saturated rings. The van der Waals surface area contributed by atoms with Gasteiger partial charge in [0.2, 0.25) is 5.91 Å². The highest BCUT2D eigenvalue weighted by Gasteiger charge is 2.29. The van der Waals surface area contributed by atoms with Crippen LogP contribution in [0.25, 0.3) is 0 Å². The zero-order valence-corrected chi connectivity index (χ0v) is 12.7. The van der Waals surface area contributed by atoms with E-state index >= 15 is 0 Å². The van der Waals surface area contributed by atoms with Crippen molar-refractivity contribution >= 4 is 11.6 Å². The lowest BCUT2D eigenvalue weighted by Gasteiger charge is -2.26. The Morgan fingerprint density at radius 3 is 2.27 bits per heavy atom. The summed E-state index contributed by atoms with van der Waals surface area (Å²) in [6.45, 7) is 5.08. The Bertz CT molecular complexity index is 739. The Kier molecular flexibility index (Phi) is 4.29. The molecule has 2 N–H and O–H groups in total. The first-order valence-corrected chi connectivity index (χ1v) is 6.84. The van der Waals surface area contributed by atoms with E-state index in [1.165, 1.54) is 6.92 Å². The van der Waals surface area contributed by atoms with E-state index in [-0.39, 0.29) is 5.91 Å². The maximum Gasteiger partial charge on any atom is 0.221 e. The molecule has 1 amide bonds. The van der Waals surface area contributed by atoms with Crippen molar-refractivity contribution in [2.24, 2.45) is 0 Å². The van der Waals surface area contributed by atoms with Crippen molar-refractivity contribution in [3.05, 3.63) is 52.4 Å². The van der Waals surface area contributed by atoms with E-state index < -0.39 is 5.92 Å². The van der Waals surface area contributed by atoms with Crippen LogP contribution in [0.4, 0.5) is 5.69 Å². The molecular weight excluding hydrogens is 276 g/mol. The molecule has 0 radical (unpaired) electrons.